The normalized spacial score (nSPS) is 14.2. The van der Waals surface area contributed by atoms with Crippen LogP contribution in [-0.2, 0) is 22.5 Å². The number of nitrogens with one attached hydrogen (secondary N) is 3. The molecule has 220 valence electrons. The lowest BCUT2D eigenvalue weighted by Gasteiger charge is -2.33. The van der Waals surface area contributed by atoms with Crippen LogP contribution in [0.1, 0.15) is 39.0 Å². The molecule has 0 saturated heterocycles. The van der Waals surface area contributed by atoms with Crippen LogP contribution in [0.25, 0.3) is 22.5 Å². The number of rotatable bonds is 10. The van der Waals surface area contributed by atoms with Crippen LogP contribution in [0.4, 0.5) is 11.5 Å². The first kappa shape index (κ1) is 29.2. The van der Waals surface area contributed by atoms with Crippen LogP contribution in [0.15, 0.2) is 60.9 Å². The number of hydrogen-bond acceptors (Lipinski definition) is 8. The molecule has 1 atom stereocenters. The highest BCUT2D eigenvalue weighted by Gasteiger charge is 2.26. The van der Waals surface area contributed by atoms with Gasteiger partial charge in [-0.15, -0.1) is 0 Å². The number of H-pyrrole nitrogens is 1. The number of benzene rings is 2. The Bertz CT molecular complexity index is 1500. The van der Waals surface area contributed by atoms with Crippen LogP contribution in [0.3, 0.4) is 0 Å². The molecule has 1 amide bonds. The quantitative estimate of drug-likeness (QED) is 0.245. The number of methoxy groups -OCH3 is 1. The number of nitrogens with zero attached hydrogens (tertiary/aromatic N) is 4. The van der Waals surface area contributed by atoms with Gasteiger partial charge in [0, 0.05) is 66.8 Å². The summed E-state index contributed by atoms with van der Waals surface area (Å²) >= 11 is 0. The van der Waals surface area contributed by atoms with Gasteiger partial charge in [-0.05, 0) is 57.5 Å². The fraction of sp³-hybridized carbons (Fsp3) is 0.375. The predicted octanol–water partition coefficient (Wildman–Crippen LogP) is 4.96. The lowest BCUT2D eigenvalue weighted by Crippen LogP contribution is -2.43. The number of hydrogen-bond donors (Lipinski definition) is 3. The maximum Gasteiger partial charge on any atom is 0.258 e. The molecule has 0 radical (unpaired) electrons. The highest BCUT2D eigenvalue weighted by atomic mass is 16.5. The van der Waals surface area contributed by atoms with Gasteiger partial charge >= 0.3 is 0 Å². The van der Waals surface area contributed by atoms with E-state index in [1.807, 2.05) is 63.4 Å². The third kappa shape index (κ3) is 7.32. The molecule has 42 heavy (non-hydrogen) atoms. The van der Waals surface area contributed by atoms with Crippen molar-refractivity contribution in [2.24, 2.45) is 0 Å². The molecule has 0 spiro atoms. The molecule has 0 aliphatic carbocycles. The minimum atomic E-state index is -0.320. The fourth-order valence-electron chi connectivity index (χ4n) is 5.01. The van der Waals surface area contributed by atoms with Crippen LogP contribution >= 0.6 is 0 Å². The molecule has 10 nitrogen and oxygen atoms in total. The van der Waals surface area contributed by atoms with Crippen molar-refractivity contribution in [3.63, 3.8) is 0 Å². The SMILES string of the molecule is COCC(C)N1CCc2nc(-c3cccc(OCC(=O)NC(C)(C)C)c3)nc(Nc3ccc(-c4cn[nH]c4)cc3)c2C1. The number of amides is 1. The first-order valence-corrected chi connectivity index (χ1v) is 14.2. The van der Waals surface area contributed by atoms with E-state index < -0.39 is 0 Å². The Balaban J connectivity index is 1.43. The van der Waals surface area contributed by atoms with Gasteiger partial charge in [0.25, 0.3) is 5.91 Å². The smallest absolute Gasteiger partial charge is 0.258 e. The van der Waals surface area contributed by atoms with Crippen LogP contribution in [-0.4, -0.2) is 69.4 Å². The van der Waals surface area contributed by atoms with Gasteiger partial charge in [0.05, 0.1) is 18.5 Å². The third-order valence-electron chi connectivity index (χ3n) is 7.08. The monoisotopic (exact) mass is 569 g/mol. The Labute approximate surface area is 246 Å². The van der Waals surface area contributed by atoms with Crippen LogP contribution < -0.4 is 15.4 Å². The van der Waals surface area contributed by atoms with E-state index in [9.17, 15) is 4.79 Å². The Hall–Kier alpha value is -4.28. The number of ether oxygens (including phenoxy) is 2. The molecule has 0 saturated carbocycles. The zero-order chi connectivity index (χ0) is 29.7. The summed E-state index contributed by atoms with van der Waals surface area (Å²) in [7, 11) is 1.73. The van der Waals surface area contributed by atoms with E-state index in [1.165, 1.54) is 0 Å². The second kappa shape index (κ2) is 12.7. The van der Waals surface area contributed by atoms with Gasteiger partial charge < -0.3 is 20.1 Å². The van der Waals surface area contributed by atoms with Gasteiger partial charge in [0.15, 0.2) is 12.4 Å². The molecular formula is C32H39N7O3. The topological polar surface area (TPSA) is 117 Å². The lowest BCUT2D eigenvalue weighted by molar-refractivity contribution is -0.124. The van der Waals surface area contributed by atoms with Gasteiger partial charge in [0.1, 0.15) is 11.6 Å². The van der Waals surface area contributed by atoms with E-state index in [0.29, 0.717) is 18.2 Å². The van der Waals surface area contributed by atoms with Gasteiger partial charge in [-0.25, -0.2) is 9.97 Å². The number of fused-ring (bicyclic) bond motifs is 1. The number of carbonyl (C=O) groups is 1. The number of carbonyl (C=O) groups excluding carboxylic acids is 1. The highest BCUT2D eigenvalue weighted by molar-refractivity contribution is 5.78. The summed E-state index contributed by atoms with van der Waals surface area (Å²) in [4.78, 5) is 24.7. The molecule has 1 unspecified atom stereocenters. The molecule has 4 aromatic rings. The number of anilines is 2. The zero-order valence-electron chi connectivity index (χ0n) is 24.9. The molecule has 10 heteroatoms. The van der Waals surface area contributed by atoms with Crippen molar-refractivity contribution in [2.45, 2.75) is 52.2 Å². The summed E-state index contributed by atoms with van der Waals surface area (Å²) in [6.45, 7) is 10.2. The Kier molecular flexibility index (Phi) is 8.84. The largest absolute Gasteiger partial charge is 0.484 e. The van der Waals surface area contributed by atoms with Crippen molar-refractivity contribution < 1.29 is 14.3 Å². The summed E-state index contributed by atoms with van der Waals surface area (Å²) in [6, 6.07) is 16.1. The summed E-state index contributed by atoms with van der Waals surface area (Å²) in [6.07, 6.45) is 4.48. The van der Waals surface area contributed by atoms with Gasteiger partial charge in [0.2, 0.25) is 0 Å². The Morgan fingerprint density at radius 1 is 1.10 bits per heavy atom. The van der Waals surface area contributed by atoms with Crippen LogP contribution in [0.2, 0.25) is 0 Å². The first-order chi connectivity index (χ1) is 20.2. The molecule has 0 bridgehead atoms. The van der Waals surface area contributed by atoms with Gasteiger partial charge in [-0.3, -0.25) is 14.8 Å². The predicted molar refractivity (Wildman–Crippen MR) is 164 cm³/mol. The second-order valence-electron chi connectivity index (χ2n) is 11.6. The van der Waals surface area contributed by atoms with E-state index in [0.717, 1.165) is 59.0 Å². The maximum absolute atomic E-state index is 12.3. The molecule has 1 aliphatic heterocycles. The Morgan fingerprint density at radius 3 is 2.62 bits per heavy atom. The molecule has 2 aromatic carbocycles. The van der Waals surface area contributed by atoms with E-state index in [2.05, 4.69) is 44.8 Å². The van der Waals surface area contributed by atoms with Gasteiger partial charge in [-0.2, -0.15) is 5.10 Å². The number of aromatic nitrogens is 4. The van der Waals surface area contributed by atoms with E-state index in [-0.39, 0.29) is 24.1 Å². The van der Waals surface area contributed by atoms with Crippen molar-refractivity contribution in [1.29, 1.82) is 0 Å². The van der Waals surface area contributed by atoms with Crippen LogP contribution in [0, 0.1) is 0 Å². The average molecular weight is 570 g/mol. The van der Waals surface area contributed by atoms with E-state index in [4.69, 9.17) is 19.4 Å². The first-order valence-electron chi connectivity index (χ1n) is 14.2. The average Bonchev–Trinajstić information content (AvgIpc) is 3.51. The standard InChI is InChI=1S/C32H39N7O3/c1-21(19-41-5)39-14-13-28-27(18-39)31(35-25-11-9-22(10-12-25)24-16-33-34-17-24)37-30(36-28)23-7-6-8-26(15-23)42-20-29(40)38-32(2,3)4/h6-12,15-17,21H,13-14,18-20H2,1-5H3,(H,33,34)(H,38,40)(H,35,36,37). The minimum absolute atomic E-state index is 0.0666. The summed E-state index contributed by atoms with van der Waals surface area (Å²) in [5, 5.41) is 13.4. The van der Waals surface area contributed by atoms with Crippen molar-refractivity contribution in [3.8, 4) is 28.3 Å². The van der Waals surface area contributed by atoms with Crippen LogP contribution in [0.5, 0.6) is 5.75 Å². The molecule has 2 aromatic heterocycles. The molecular weight excluding hydrogens is 530 g/mol. The van der Waals surface area contributed by atoms with Crippen molar-refractivity contribution in [3.05, 3.63) is 72.2 Å². The van der Waals surface area contributed by atoms with Crippen molar-refractivity contribution in [2.75, 3.05) is 32.2 Å². The van der Waals surface area contributed by atoms with Crippen molar-refractivity contribution >= 4 is 17.4 Å². The fourth-order valence-corrected chi connectivity index (χ4v) is 5.01. The number of aromatic amines is 1. The van der Waals surface area contributed by atoms with E-state index >= 15 is 0 Å². The lowest BCUT2D eigenvalue weighted by atomic mass is 10.0. The second-order valence-corrected chi connectivity index (χ2v) is 11.6. The minimum Gasteiger partial charge on any atom is -0.484 e. The summed E-state index contributed by atoms with van der Waals surface area (Å²) < 4.78 is 11.2. The zero-order valence-corrected chi connectivity index (χ0v) is 24.9. The Morgan fingerprint density at radius 2 is 1.90 bits per heavy atom. The molecule has 0 fully saturated rings. The summed E-state index contributed by atoms with van der Waals surface area (Å²) in [5.41, 5.74) is 5.64. The van der Waals surface area contributed by atoms with Gasteiger partial charge in [-0.1, -0.05) is 24.3 Å². The van der Waals surface area contributed by atoms with E-state index in [1.54, 1.807) is 13.3 Å². The summed E-state index contributed by atoms with van der Waals surface area (Å²) in [5.74, 6) is 1.79. The molecule has 1 aliphatic rings. The molecule has 5 rings (SSSR count). The molecule has 3 N–H and O–H groups in total. The highest BCUT2D eigenvalue weighted by Crippen LogP contribution is 2.32. The maximum atomic E-state index is 12.3. The molecule has 3 heterocycles. The van der Waals surface area contributed by atoms with Crippen molar-refractivity contribution in [1.82, 2.24) is 30.4 Å². The third-order valence-corrected chi connectivity index (χ3v) is 7.08.